The van der Waals surface area contributed by atoms with Gasteiger partial charge in [0.1, 0.15) is 11.2 Å². The van der Waals surface area contributed by atoms with Crippen LogP contribution in [-0.4, -0.2) is 0 Å². The summed E-state index contributed by atoms with van der Waals surface area (Å²) in [5.41, 5.74) is 15.5. The molecule has 1 aromatic heterocycles. The summed E-state index contributed by atoms with van der Waals surface area (Å²) in [4.78, 5) is 7.32. The first kappa shape index (κ1) is 46.6. The van der Waals surface area contributed by atoms with E-state index in [1.807, 2.05) is 12.1 Å². The predicted molar refractivity (Wildman–Crippen MR) is 339 cm³/mol. The number of nitrogens with zero attached hydrogens (tertiary/aromatic N) is 3. The Morgan fingerprint density at radius 2 is 0.588 bits per heavy atom. The third-order valence-corrected chi connectivity index (χ3v) is 15.7. The van der Waals surface area contributed by atoms with Crippen molar-refractivity contribution in [2.45, 2.75) is 0 Å². The van der Waals surface area contributed by atoms with Gasteiger partial charge in [-0.05, 0) is 134 Å². The van der Waals surface area contributed by atoms with Crippen LogP contribution in [0.25, 0.3) is 87.3 Å². The van der Waals surface area contributed by atoms with Gasteiger partial charge in [0.2, 0.25) is 0 Å². The highest BCUT2D eigenvalue weighted by Gasteiger charge is 2.25. The fourth-order valence-electron chi connectivity index (χ4n) is 12.1. The Morgan fingerprint density at radius 3 is 1.11 bits per heavy atom. The summed E-state index contributed by atoms with van der Waals surface area (Å²) in [6, 6.07) is 112. The molecule has 0 saturated heterocycles. The highest BCUT2D eigenvalue weighted by Crippen LogP contribution is 2.50. The van der Waals surface area contributed by atoms with Crippen molar-refractivity contribution in [3.8, 4) is 22.3 Å². The van der Waals surface area contributed by atoms with Gasteiger partial charge >= 0.3 is 0 Å². The maximum absolute atomic E-state index is 6.60. The number of para-hydroxylation sites is 4. The Hall–Kier alpha value is -10.7. The maximum atomic E-state index is 6.60. The van der Waals surface area contributed by atoms with E-state index in [9.17, 15) is 0 Å². The van der Waals surface area contributed by atoms with Crippen LogP contribution in [0, 0.1) is 0 Å². The van der Waals surface area contributed by atoms with E-state index in [2.05, 4.69) is 312 Å². The molecule has 0 N–H and O–H groups in total. The van der Waals surface area contributed by atoms with Gasteiger partial charge in [-0.15, -0.1) is 0 Å². The van der Waals surface area contributed by atoms with E-state index in [1.54, 1.807) is 0 Å². The monoisotopic (exact) mass is 1020 g/mol. The molecule has 376 valence electrons. The Kier molecular flexibility index (Phi) is 11.5. The molecule has 0 bridgehead atoms. The zero-order valence-electron chi connectivity index (χ0n) is 43.7. The summed E-state index contributed by atoms with van der Waals surface area (Å²) >= 11 is 0. The van der Waals surface area contributed by atoms with Crippen molar-refractivity contribution in [2.75, 3.05) is 14.7 Å². The van der Waals surface area contributed by atoms with Crippen LogP contribution < -0.4 is 14.7 Å². The zero-order chi connectivity index (χ0) is 52.9. The fraction of sp³-hybridized carbons (Fsp3) is 0. The quantitative estimate of drug-likeness (QED) is 0.120. The number of hydrogen-bond acceptors (Lipinski definition) is 4. The molecular weight excluding hydrogens is 971 g/mol. The van der Waals surface area contributed by atoms with Crippen molar-refractivity contribution in [3.63, 3.8) is 0 Å². The second-order valence-corrected chi connectivity index (χ2v) is 20.5. The van der Waals surface area contributed by atoms with Gasteiger partial charge in [-0.2, -0.15) is 0 Å². The van der Waals surface area contributed by atoms with Gasteiger partial charge in [0, 0.05) is 49.9 Å². The van der Waals surface area contributed by atoms with Crippen molar-refractivity contribution in [1.29, 1.82) is 0 Å². The zero-order valence-corrected chi connectivity index (χ0v) is 43.7. The third-order valence-electron chi connectivity index (χ3n) is 15.7. The Bertz CT molecular complexity index is 4580. The minimum atomic E-state index is 0.884. The molecule has 14 aromatic carbocycles. The second-order valence-electron chi connectivity index (χ2n) is 20.5. The summed E-state index contributed by atoms with van der Waals surface area (Å²) in [7, 11) is 0. The number of rotatable bonds is 11. The van der Waals surface area contributed by atoms with Crippen molar-refractivity contribution < 1.29 is 4.42 Å². The molecule has 0 atom stereocenters. The van der Waals surface area contributed by atoms with Crippen LogP contribution in [-0.2, 0) is 0 Å². The third kappa shape index (κ3) is 8.17. The molecule has 0 aliphatic heterocycles. The predicted octanol–water partition coefficient (Wildman–Crippen LogP) is 21.9. The first-order valence-corrected chi connectivity index (χ1v) is 27.3. The van der Waals surface area contributed by atoms with Crippen molar-refractivity contribution >= 4 is 116 Å². The minimum Gasteiger partial charge on any atom is -0.455 e. The molecule has 1 heterocycles. The second kappa shape index (κ2) is 19.7. The Morgan fingerprint density at radius 1 is 0.212 bits per heavy atom. The van der Waals surface area contributed by atoms with Gasteiger partial charge < -0.3 is 19.1 Å². The summed E-state index contributed by atoms with van der Waals surface area (Å²) < 4.78 is 6.60. The van der Waals surface area contributed by atoms with E-state index in [0.717, 1.165) is 101 Å². The number of anilines is 9. The highest BCUT2D eigenvalue weighted by molar-refractivity contribution is 6.17. The largest absolute Gasteiger partial charge is 0.455 e. The Labute approximate surface area is 464 Å². The Balaban J connectivity index is 1.01. The average Bonchev–Trinajstić information content (AvgIpc) is 3.95. The summed E-state index contributed by atoms with van der Waals surface area (Å²) in [5.74, 6) is 0. The smallest absolute Gasteiger partial charge is 0.143 e. The summed E-state index contributed by atoms with van der Waals surface area (Å²) in [6.45, 7) is 0. The van der Waals surface area contributed by atoms with Crippen LogP contribution >= 0.6 is 0 Å². The molecular formula is C76H51N3O. The molecule has 0 radical (unpaired) electrons. The van der Waals surface area contributed by atoms with Crippen molar-refractivity contribution in [1.82, 2.24) is 0 Å². The lowest BCUT2D eigenvalue weighted by Gasteiger charge is -2.34. The lowest BCUT2D eigenvalue weighted by Crippen LogP contribution is -2.16. The molecule has 0 saturated carbocycles. The van der Waals surface area contributed by atoms with Crippen molar-refractivity contribution in [2.24, 2.45) is 0 Å². The van der Waals surface area contributed by atoms with Crippen LogP contribution in [0.15, 0.2) is 314 Å². The lowest BCUT2D eigenvalue weighted by atomic mass is 9.98. The molecule has 0 unspecified atom stereocenters. The topological polar surface area (TPSA) is 22.9 Å². The number of benzene rings is 14. The van der Waals surface area contributed by atoms with Crippen molar-refractivity contribution in [3.05, 3.63) is 309 Å². The van der Waals surface area contributed by atoms with Crippen LogP contribution in [0.3, 0.4) is 0 Å². The normalized spacial score (nSPS) is 11.5. The maximum Gasteiger partial charge on any atom is 0.143 e. The van der Waals surface area contributed by atoms with E-state index in [-0.39, 0.29) is 0 Å². The molecule has 0 fully saturated rings. The molecule has 0 aliphatic carbocycles. The van der Waals surface area contributed by atoms with Gasteiger partial charge in [0.15, 0.2) is 0 Å². The summed E-state index contributed by atoms with van der Waals surface area (Å²) in [5, 5.41) is 11.7. The molecule has 80 heavy (non-hydrogen) atoms. The van der Waals surface area contributed by atoms with E-state index >= 15 is 0 Å². The van der Waals surface area contributed by atoms with E-state index in [4.69, 9.17) is 4.42 Å². The lowest BCUT2D eigenvalue weighted by molar-refractivity contribution is 0.670. The van der Waals surface area contributed by atoms with E-state index in [1.165, 1.54) is 37.9 Å². The SMILES string of the molecule is c1ccc(-c2ccc(N(c3ccc(-c4cccc5c4oc4ccccc45)cc3)c3cc(N(c4ccccc4)c4cc5ccccc5c5ccccc45)cc(N(c4ccccc4)c4cc5ccccc5c5ccccc45)c3)cc2)cc1. The first-order valence-electron chi connectivity index (χ1n) is 27.3. The van der Waals surface area contributed by atoms with Crippen LogP contribution in [0.1, 0.15) is 0 Å². The fourth-order valence-corrected chi connectivity index (χ4v) is 12.1. The molecule has 4 nitrogen and oxygen atoms in total. The first-order chi connectivity index (χ1) is 39.7. The van der Waals surface area contributed by atoms with Crippen LogP contribution in [0.5, 0.6) is 0 Å². The van der Waals surface area contributed by atoms with Gasteiger partial charge in [-0.1, -0.05) is 224 Å². The molecule has 0 amide bonds. The van der Waals surface area contributed by atoms with Gasteiger partial charge in [-0.3, -0.25) is 0 Å². The molecule has 15 aromatic rings. The van der Waals surface area contributed by atoms with Crippen LogP contribution in [0.4, 0.5) is 51.2 Å². The minimum absolute atomic E-state index is 0.884. The van der Waals surface area contributed by atoms with E-state index in [0.29, 0.717) is 0 Å². The van der Waals surface area contributed by atoms with E-state index < -0.39 is 0 Å². The summed E-state index contributed by atoms with van der Waals surface area (Å²) in [6.07, 6.45) is 0. The molecule has 4 heteroatoms. The molecule has 0 aliphatic rings. The van der Waals surface area contributed by atoms with Gasteiger partial charge in [-0.25, -0.2) is 0 Å². The number of furan rings is 1. The highest BCUT2D eigenvalue weighted by atomic mass is 16.3. The van der Waals surface area contributed by atoms with Gasteiger partial charge in [0.05, 0.1) is 28.4 Å². The number of fused-ring (bicyclic) bond motifs is 9. The number of hydrogen-bond donors (Lipinski definition) is 0. The standard InChI is InChI=1S/C76H51N3O/c1-4-21-52(22-5-1)53-39-43-59(44-40-53)77(60-45-41-54(42-46-60)66-36-20-37-72-71-35-18-19-38-75(71)80-76(66)72)61-49-62(78(57-25-6-2-7-26-57)73-47-55-23-10-12-29-64(55)67-31-14-16-33-69(67)73)51-63(50-61)79(58-27-8-3-9-28-58)74-48-56-24-11-13-30-65(56)68-32-15-17-34-70(68)74/h1-51H. The van der Waals surface area contributed by atoms with Gasteiger partial charge in [0.25, 0.3) is 0 Å². The average molecular weight is 1020 g/mol. The van der Waals surface area contributed by atoms with Crippen LogP contribution in [0.2, 0.25) is 0 Å². The molecule has 15 rings (SSSR count). The molecule has 0 spiro atoms.